The molecule has 0 saturated carbocycles. The normalized spacial score (nSPS) is 10.8. The number of hydrogen-bond donors (Lipinski definition) is 1. The van der Waals surface area contributed by atoms with Gasteiger partial charge >= 0.3 is 0 Å². The van der Waals surface area contributed by atoms with E-state index in [1.165, 1.54) is 0 Å². The van der Waals surface area contributed by atoms with E-state index < -0.39 is 0 Å². The number of rotatable bonds is 7. The lowest BCUT2D eigenvalue weighted by Crippen LogP contribution is -2.11. The molecule has 1 heterocycles. The Labute approximate surface area is 112 Å². The van der Waals surface area contributed by atoms with E-state index in [0.717, 1.165) is 10.9 Å². The summed E-state index contributed by atoms with van der Waals surface area (Å²) < 4.78 is 15.9. The summed E-state index contributed by atoms with van der Waals surface area (Å²) >= 11 is 0. The van der Waals surface area contributed by atoms with Crippen molar-refractivity contribution in [1.82, 2.24) is 4.98 Å². The van der Waals surface area contributed by atoms with Crippen LogP contribution in [0.2, 0.25) is 0 Å². The minimum absolute atomic E-state index is 0.446. The number of anilines is 1. The monoisotopic (exact) mass is 262 g/mol. The van der Waals surface area contributed by atoms with Gasteiger partial charge in [0.2, 0.25) is 0 Å². The smallest absolute Gasteiger partial charge is 0.153 e. The van der Waals surface area contributed by atoms with Gasteiger partial charge in [-0.25, -0.2) is 0 Å². The maximum atomic E-state index is 5.90. The minimum Gasteiger partial charge on any atom is -0.488 e. The van der Waals surface area contributed by atoms with E-state index in [-0.39, 0.29) is 0 Å². The lowest BCUT2D eigenvalue weighted by molar-refractivity contribution is 0.0548. The summed E-state index contributed by atoms with van der Waals surface area (Å²) in [6.45, 7) is 2.09. The first-order chi connectivity index (χ1) is 9.33. The number of nitrogens with zero attached hydrogens (tertiary/aromatic N) is 1. The molecule has 1 aromatic heterocycles. The molecule has 2 rings (SSSR count). The Hall–Kier alpha value is -1.85. The molecule has 0 radical (unpaired) electrons. The highest BCUT2D eigenvalue weighted by molar-refractivity contribution is 5.89. The van der Waals surface area contributed by atoms with Crippen molar-refractivity contribution in [2.45, 2.75) is 0 Å². The predicted octanol–water partition coefficient (Wildman–Crippen LogP) is 1.86. The summed E-state index contributed by atoms with van der Waals surface area (Å²) in [5.74, 6) is 0.668. The number of methoxy groups -OCH3 is 1. The van der Waals surface area contributed by atoms with Crippen molar-refractivity contribution >= 4 is 16.6 Å². The molecule has 5 nitrogen and oxygen atoms in total. The van der Waals surface area contributed by atoms with Crippen molar-refractivity contribution in [1.29, 1.82) is 0 Å². The van der Waals surface area contributed by atoms with E-state index in [0.29, 0.717) is 37.9 Å². The van der Waals surface area contributed by atoms with Gasteiger partial charge < -0.3 is 19.9 Å². The molecule has 0 bridgehead atoms. The topological polar surface area (TPSA) is 66.6 Å². The highest BCUT2D eigenvalue weighted by atomic mass is 16.5. The van der Waals surface area contributed by atoms with Crippen LogP contribution in [0.1, 0.15) is 0 Å². The SMILES string of the molecule is COCCOCCOc1c(N)cnc2ccccc12. The number of nitrogens with two attached hydrogens (primary N) is 1. The second-order valence-corrected chi connectivity index (χ2v) is 4.01. The molecule has 1 aromatic carbocycles. The van der Waals surface area contributed by atoms with Crippen molar-refractivity contribution in [3.8, 4) is 5.75 Å². The van der Waals surface area contributed by atoms with Crippen LogP contribution in [-0.2, 0) is 9.47 Å². The van der Waals surface area contributed by atoms with E-state index in [1.807, 2.05) is 24.3 Å². The molecule has 0 aliphatic rings. The number of para-hydroxylation sites is 1. The average Bonchev–Trinajstić information content (AvgIpc) is 2.44. The first kappa shape index (κ1) is 13.6. The zero-order valence-corrected chi connectivity index (χ0v) is 11.0. The summed E-state index contributed by atoms with van der Waals surface area (Å²) in [7, 11) is 1.64. The fourth-order valence-corrected chi connectivity index (χ4v) is 1.74. The van der Waals surface area contributed by atoms with Gasteiger partial charge in [-0.2, -0.15) is 0 Å². The number of pyridine rings is 1. The first-order valence-electron chi connectivity index (χ1n) is 6.15. The Balaban J connectivity index is 1.98. The molecule has 2 aromatic rings. The van der Waals surface area contributed by atoms with Crippen LogP contribution in [0.15, 0.2) is 30.5 Å². The largest absolute Gasteiger partial charge is 0.488 e. The van der Waals surface area contributed by atoms with Gasteiger partial charge in [-0.1, -0.05) is 12.1 Å². The minimum atomic E-state index is 0.446. The number of benzene rings is 1. The Morgan fingerprint density at radius 3 is 2.74 bits per heavy atom. The maximum Gasteiger partial charge on any atom is 0.153 e. The Morgan fingerprint density at radius 2 is 1.89 bits per heavy atom. The number of fused-ring (bicyclic) bond motifs is 1. The third kappa shape index (κ3) is 3.56. The van der Waals surface area contributed by atoms with Crippen LogP contribution in [0, 0.1) is 0 Å². The fraction of sp³-hybridized carbons (Fsp3) is 0.357. The summed E-state index contributed by atoms with van der Waals surface area (Å²) in [6, 6.07) is 7.74. The van der Waals surface area contributed by atoms with Gasteiger partial charge in [0.05, 0.1) is 37.2 Å². The summed E-state index contributed by atoms with van der Waals surface area (Å²) in [5.41, 5.74) is 7.31. The highest BCUT2D eigenvalue weighted by Gasteiger charge is 2.07. The number of hydrogen-bond acceptors (Lipinski definition) is 5. The molecule has 0 spiro atoms. The maximum absolute atomic E-state index is 5.90. The average molecular weight is 262 g/mol. The molecule has 0 unspecified atom stereocenters. The molecule has 19 heavy (non-hydrogen) atoms. The Morgan fingerprint density at radius 1 is 1.11 bits per heavy atom. The van der Waals surface area contributed by atoms with E-state index in [1.54, 1.807) is 13.3 Å². The number of nitrogen functional groups attached to an aromatic ring is 1. The zero-order valence-electron chi connectivity index (χ0n) is 11.0. The van der Waals surface area contributed by atoms with Gasteiger partial charge in [-0.15, -0.1) is 0 Å². The lowest BCUT2D eigenvalue weighted by Gasteiger charge is -2.11. The van der Waals surface area contributed by atoms with E-state index in [2.05, 4.69) is 4.98 Å². The third-order valence-electron chi connectivity index (χ3n) is 2.66. The molecule has 0 atom stereocenters. The van der Waals surface area contributed by atoms with Crippen molar-refractivity contribution in [3.05, 3.63) is 30.5 Å². The highest BCUT2D eigenvalue weighted by Crippen LogP contribution is 2.29. The van der Waals surface area contributed by atoms with Gasteiger partial charge in [0.25, 0.3) is 0 Å². The fourth-order valence-electron chi connectivity index (χ4n) is 1.74. The Bertz CT molecular complexity index is 531. The molecule has 102 valence electrons. The molecule has 0 aliphatic heterocycles. The van der Waals surface area contributed by atoms with Crippen molar-refractivity contribution < 1.29 is 14.2 Å². The summed E-state index contributed by atoms with van der Waals surface area (Å²) in [4.78, 5) is 4.26. The van der Waals surface area contributed by atoms with Crippen molar-refractivity contribution in [3.63, 3.8) is 0 Å². The van der Waals surface area contributed by atoms with E-state index in [4.69, 9.17) is 19.9 Å². The molecule has 2 N–H and O–H groups in total. The molecule has 0 amide bonds. The van der Waals surface area contributed by atoms with Crippen LogP contribution < -0.4 is 10.5 Å². The van der Waals surface area contributed by atoms with Crippen LogP contribution in [0.5, 0.6) is 5.75 Å². The third-order valence-corrected chi connectivity index (χ3v) is 2.66. The van der Waals surface area contributed by atoms with Crippen LogP contribution in [0.3, 0.4) is 0 Å². The van der Waals surface area contributed by atoms with Crippen molar-refractivity contribution in [2.24, 2.45) is 0 Å². The van der Waals surface area contributed by atoms with Gasteiger partial charge in [-0.3, -0.25) is 4.98 Å². The molecular weight excluding hydrogens is 244 g/mol. The van der Waals surface area contributed by atoms with Crippen LogP contribution in [-0.4, -0.2) is 38.5 Å². The predicted molar refractivity (Wildman–Crippen MR) is 74.3 cm³/mol. The van der Waals surface area contributed by atoms with Crippen LogP contribution in [0.4, 0.5) is 5.69 Å². The van der Waals surface area contributed by atoms with Gasteiger partial charge in [0.1, 0.15) is 6.61 Å². The lowest BCUT2D eigenvalue weighted by atomic mass is 10.2. The van der Waals surface area contributed by atoms with Crippen molar-refractivity contribution in [2.75, 3.05) is 39.3 Å². The van der Waals surface area contributed by atoms with Gasteiger partial charge in [0, 0.05) is 12.5 Å². The standard InChI is InChI=1S/C14H18N2O3/c1-17-6-7-18-8-9-19-14-11-4-2-3-5-13(11)16-10-12(14)15/h2-5,10H,6-9,15H2,1H3. The quantitative estimate of drug-likeness (QED) is 0.771. The van der Waals surface area contributed by atoms with Crippen LogP contribution in [0.25, 0.3) is 10.9 Å². The Kier molecular flexibility index (Phi) is 4.94. The molecule has 5 heteroatoms. The molecular formula is C14H18N2O3. The molecule has 0 saturated heterocycles. The van der Waals surface area contributed by atoms with Gasteiger partial charge in [0.15, 0.2) is 5.75 Å². The number of aromatic nitrogens is 1. The van der Waals surface area contributed by atoms with Gasteiger partial charge in [-0.05, 0) is 12.1 Å². The molecule has 0 fully saturated rings. The first-order valence-corrected chi connectivity index (χ1v) is 6.15. The summed E-state index contributed by atoms with van der Waals surface area (Å²) in [6.07, 6.45) is 1.61. The van der Waals surface area contributed by atoms with E-state index in [9.17, 15) is 0 Å². The second kappa shape index (κ2) is 6.92. The van der Waals surface area contributed by atoms with Crippen LogP contribution >= 0.6 is 0 Å². The second-order valence-electron chi connectivity index (χ2n) is 4.01. The van der Waals surface area contributed by atoms with E-state index >= 15 is 0 Å². The summed E-state index contributed by atoms with van der Waals surface area (Å²) in [5, 5.41) is 0.916. The number of ether oxygens (including phenoxy) is 3. The molecule has 0 aliphatic carbocycles. The zero-order chi connectivity index (χ0) is 13.5.